The van der Waals surface area contributed by atoms with Crippen molar-refractivity contribution >= 4 is 40.8 Å². The number of carbonyl (C=O) groups is 2. The van der Waals surface area contributed by atoms with E-state index in [0.717, 1.165) is 17.0 Å². The highest BCUT2D eigenvalue weighted by Crippen LogP contribution is 2.33. The molecule has 1 N–H and O–H groups in total. The Morgan fingerprint density at radius 2 is 2.05 bits per heavy atom. The van der Waals surface area contributed by atoms with Gasteiger partial charge >= 0.3 is 5.97 Å². The summed E-state index contributed by atoms with van der Waals surface area (Å²) in [6.07, 6.45) is 0.879. The fourth-order valence-corrected chi connectivity index (χ4v) is 2.66. The third-order valence-electron chi connectivity index (χ3n) is 3.25. The lowest BCUT2D eigenvalue weighted by Crippen LogP contribution is -2.40. The van der Waals surface area contributed by atoms with Crippen LogP contribution in [0.3, 0.4) is 0 Å². The molecular formula is C12H10Cl2N2O5. The van der Waals surface area contributed by atoms with E-state index >= 15 is 0 Å². The Hall–Kier alpha value is -1.86. The van der Waals surface area contributed by atoms with Crippen molar-refractivity contribution in [1.29, 1.82) is 0 Å². The van der Waals surface area contributed by atoms with E-state index in [9.17, 15) is 19.7 Å². The first-order chi connectivity index (χ1) is 9.82. The second-order valence-corrected chi connectivity index (χ2v) is 5.33. The SMILES string of the molecule is O=C(O)C1CCCN1C(=O)c1cc([N+](=O)[O-])cc(Cl)c1Cl. The van der Waals surface area contributed by atoms with Crippen LogP contribution in [0.1, 0.15) is 23.2 Å². The third kappa shape index (κ3) is 2.93. The molecule has 1 unspecified atom stereocenters. The number of non-ortho nitro benzene ring substituents is 1. The maximum Gasteiger partial charge on any atom is 0.326 e. The number of benzene rings is 1. The first kappa shape index (κ1) is 15.5. The summed E-state index contributed by atoms with van der Waals surface area (Å²) in [5.41, 5.74) is -0.539. The number of carboxylic acids is 1. The number of nitro groups is 1. The molecule has 1 fully saturated rings. The average molecular weight is 333 g/mol. The van der Waals surface area contributed by atoms with Crippen LogP contribution in [0.4, 0.5) is 5.69 Å². The fraction of sp³-hybridized carbons (Fsp3) is 0.333. The normalized spacial score (nSPS) is 17.8. The molecule has 1 amide bonds. The van der Waals surface area contributed by atoms with E-state index in [4.69, 9.17) is 28.3 Å². The Balaban J connectivity index is 2.43. The Kier molecular flexibility index (Phi) is 4.34. The Morgan fingerprint density at radius 3 is 2.62 bits per heavy atom. The number of hydrogen-bond donors (Lipinski definition) is 1. The maximum atomic E-state index is 12.4. The Labute approximate surface area is 129 Å². The molecule has 1 aliphatic heterocycles. The molecule has 1 atom stereocenters. The Bertz CT molecular complexity index is 634. The highest BCUT2D eigenvalue weighted by Gasteiger charge is 2.36. The van der Waals surface area contributed by atoms with Gasteiger partial charge in [-0.1, -0.05) is 23.2 Å². The summed E-state index contributed by atoms with van der Waals surface area (Å²) in [6, 6.07) is 1.10. The van der Waals surface area contributed by atoms with Crippen molar-refractivity contribution in [2.24, 2.45) is 0 Å². The van der Waals surface area contributed by atoms with E-state index in [1.165, 1.54) is 0 Å². The molecule has 0 saturated carbocycles. The van der Waals surface area contributed by atoms with Crippen molar-refractivity contribution in [3.63, 3.8) is 0 Å². The van der Waals surface area contributed by atoms with Gasteiger partial charge in [-0.25, -0.2) is 4.79 Å². The maximum absolute atomic E-state index is 12.4. The lowest BCUT2D eigenvalue weighted by molar-refractivity contribution is -0.384. The molecule has 1 aliphatic rings. The predicted molar refractivity (Wildman–Crippen MR) is 74.8 cm³/mol. The number of nitro benzene ring substituents is 1. The molecule has 0 aromatic heterocycles. The van der Waals surface area contributed by atoms with Crippen LogP contribution in [0.25, 0.3) is 0 Å². The second kappa shape index (κ2) is 5.87. The molecule has 0 bridgehead atoms. The molecule has 0 spiro atoms. The van der Waals surface area contributed by atoms with Crippen molar-refractivity contribution in [3.8, 4) is 0 Å². The summed E-state index contributed by atoms with van der Waals surface area (Å²) in [5.74, 6) is -1.79. The van der Waals surface area contributed by atoms with Gasteiger partial charge in [-0.3, -0.25) is 14.9 Å². The standard InChI is InChI=1S/C12H10Cl2N2O5/c13-8-5-6(16(20)21)4-7(10(8)14)11(17)15-3-1-2-9(15)12(18)19/h4-5,9H,1-3H2,(H,18,19). The summed E-state index contributed by atoms with van der Waals surface area (Å²) in [4.78, 5) is 34.8. The minimum absolute atomic E-state index is 0.122. The Morgan fingerprint density at radius 1 is 1.38 bits per heavy atom. The van der Waals surface area contributed by atoms with Gasteiger partial charge in [0.05, 0.1) is 20.5 Å². The fourth-order valence-electron chi connectivity index (χ4n) is 2.26. The topological polar surface area (TPSA) is 101 Å². The lowest BCUT2D eigenvalue weighted by atomic mass is 10.1. The number of carboxylic acid groups (broad SMARTS) is 1. The number of nitrogens with zero attached hydrogens (tertiary/aromatic N) is 2. The molecule has 0 radical (unpaired) electrons. The number of likely N-dealkylation sites (tertiary alicyclic amines) is 1. The molecule has 21 heavy (non-hydrogen) atoms. The molecule has 1 heterocycles. The highest BCUT2D eigenvalue weighted by atomic mass is 35.5. The molecule has 0 aliphatic carbocycles. The largest absolute Gasteiger partial charge is 0.480 e. The van der Waals surface area contributed by atoms with Gasteiger partial charge in [0.25, 0.3) is 11.6 Å². The van der Waals surface area contributed by atoms with Crippen LogP contribution < -0.4 is 0 Å². The van der Waals surface area contributed by atoms with Crippen LogP contribution in [0.5, 0.6) is 0 Å². The van der Waals surface area contributed by atoms with Crippen molar-refractivity contribution in [3.05, 3.63) is 37.9 Å². The monoisotopic (exact) mass is 332 g/mol. The predicted octanol–water partition coefficient (Wildman–Crippen LogP) is 2.59. The van der Waals surface area contributed by atoms with E-state index < -0.39 is 22.8 Å². The zero-order chi connectivity index (χ0) is 15.7. The smallest absolute Gasteiger partial charge is 0.326 e. The lowest BCUT2D eigenvalue weighted by Gasteiger charge is -2.22. The number of halogens is 2. The van der Waals surface area contributed by atoms with E-state index in [1.54, 1.807) is 0 Å². The van der Waals surface area contributed by atoms with Gasteiger partial charge in [0.1, 0.15) is 6.04 Å². The summed E-state index contributed by atoms with van der Waals surface area (Å²) in [5, 5.41) is 19.7. The van der Waals surface area contributed by atoms with E-state index in [2.05, 4.69) is 0 Å². The van der Waals surface area contributed by atoms with Crippen molar-refractivity contribution in [2.45, 2.75) is 18.9 Å². The van der Waals surface area contributed by atoms with Crippen LogP contribution in [0.2, 0.25) is 10.0 Å². The number of rotatable bonds is 3. The highest BCUT2D eigenvalue weighted by molar-refractivity contribution is 6.44. The molecular weight excluding hydrogens is 323 g/mol. The van der Waals surface area contributed by atoms with E-state index in [-0.39, 0.29) is 27.8 Å². The minimum atomic E-state index is -1.12. The summed E-state index contributed by atoms with van der Waals surface area (Å²) in [6.45, 7) is 0.256. The molecule has 1 aromatic rings. The zero-order valence-corrected chi connectivity index (χ0v) is 12.1. The van der Waals surface area contributed by atoms with Gasteiger partial charge in [0.2, 0.25) is 0 Å². The summed E-state index contributed by atoms with van der Waals surface area (Å²) in [7, 11) is 0. The van der Waals surface area contributed by atoms with Crippen molar-refractivity contribution < 1.29 is 19.6 Å². The van der Waals surface area contributed by atoms with Gasteiger partial charge in [-0.2, -0.15) is 0 Å². The van der Waals surface area contributed by atoms with Crippen molar-refractivity contribution in [2.75, 3.05) is 6.54 Å². The first-order valence-corrected chi connectivity index (χ1v) is 6.75. The molecule has 112 valence electrons. The molecule has 1 aromatic carbocycles. The van der Waals surface area contributed by atoms with Crippen molar-refractivity contribution in [1.82, 2.24) is 4.90 Å². The van der Waals surface area contributed by atoms with Gasteiger partial charge in [-0.15, -0.1) is 0 Å². The molecule has 7 nitrogen and oxygen atoms in total. The van der Waals surface area contributed by atoms with Crippen LogP contribution in [0.15, 0.2) is 12.1 Å². The molecule has 2 rings (SSSR count). The third-order valence-corrected chi connectivity index (χ3v) is 4.05. The minimum Gasteiger partial charge on any atom is -0.480 e. The van der Waals surface area contributed by atoms with Crippen LogP contribution in [-0.4, -0.2) is 39.4 Å². The molecule has 9 heteroatoms. The number of hydrogen-bond acceptors (Lipinski definition) is 4. The van der Waals surface area contributed by atoms with Crippen LogP contribution >= 0.6 is 23.2 Å². The van der Waals surface area contributed by atoms with Gasteiger partial charge < -0.3 is 10.0 Å². The number of amides is 1. The van der Waals surface area contributed by atoms with E-state index in [1.807, 2.05) is 0 Å². The molecule has 1 saturated heterocycles. The quantitative estimate of drug-likeness (QED) is 0.677. The van der Waals surface area contributed by atoms with Gasteiger partial charge in [-0.05, 0) is 12.8 Å². The van der Waals surface area contributed by atoms with Crippen LogP contribution in [0, 0.1) is 10.1 Å². The summed E-state index contributed by atoms with van der Waals surface area (Å²) < 4.78 is 0. The first-order valence-electron chi connectivity index (χ1n) is 6.00. The van der Waals surface area contributed by atoms with Gasteiger partial charge in [0.15, 0.2) is 0 Å². The number of carbonyl (C=O) groups excluding carboxylic acids is 1. The number of aliphatic carboxylic acids is 1. The van der Waals surface area contributed by atoms with Crippen LogP contribution in [-0.2, 0) is 4.79 Å². The average Bonchev–Trinajstić information content (AvgIpc) is 2.90. The van der Waals surface area contributed by atoms with Gasteiger partial charge in [0, 0.05) is 18.7 Å². The van der Waals surface area contributed by atoms with E-state index in [0.29, 0.717) is 12.8 Å². The second-order valence-electron chi connectivity index (χ2n) is 4.54. The summed E-state index contributed by atoms with van der Waals surface area (Å²) >= 11 is 11.7. The zero-order valence-electron chi connectivity index (χ0n) is 10.6.